The molecule has 0 amide bonds. The third-order valence-corrected chi connectivity index (χ3v) is 3.32. The summed E-state index contributed by atoms with van der Waals surface area (Å²) in [6, 6.07) is 0.542. The van der Waals surface area contributed by atoms with Gasteiger partial charge in [-0.15, -0.1) is 0 Å². The van der Waals surface area contributed by atoms with Crippen molar-refractivity contribution in [3.05, 3.63) is 0 Å². The second kappa shape index (κ2) is 7.31. The fraction of sp³-hybridized carbons (Fsp3) is 1.00. The molecule has 1 fully saturated rings. The zero-order chi connectivity index (χ0) is 12.8. The second-order valence-electron chi connectivity index (χ2n) is 5.78. The standard InChI is InChI=1S/C13H29N3O/c1-11(2)13(10-15(3)4)14-8-12-9-16(5)6-7-17-12/h11-14H,6-10H2,1-5H3. The lowest BCUT2D eigenvalue weighted by Gasteiger charge is -2.33. The molecule has 0 aromatic rings. The highest BCUT2D eigenvalue weighted by Gasteiger charge is 2.20. The number of ether oxygens (including phenoxy) is 1. The first kappa shape index (κ1) is 14.9. The van der Waals surface area contributed by atoms with Gasteiger partial charge in [0, 0.05) is 32.2 Å². The third kappa shape index (κ3) is 5.82. The van der Waals surface area contributed by atoms with Crippen LogP contribution in [0.2, 0.25) is 0 Å². The molecule has 17 heavy (non-hydrogen) atoms. The van der Waals surface area contributed by atoms with Crippen LogP contribution in [-0.2, 0) is 4.74 Å². The van der Waals surface area contributed by atoms with Gasteiger partial charge in [0.25, 0.3) is 0 Å². The number of likely N-dealkylation sites (N-methyl/N-ethyl adjacent to an activating group) is 2. The van der Waals surface area contributed by atoms with Gasteiger partial charge in [0.2, 0.25) is 0 Å². The predicted octanol–water partition coefficient (Wildman–Crippen LogP) is 0.493. The maximum Gasteiger partial charge on any atom is 0.0826 e. The van der Waals surface area contributed by atoms with Crippen molar-refractivity contribution in [2.75, 3.05) is 53.9 Å². The van der Waals surface area contributed by atoms with E-state index in [0.717, 1.165) is 32.8 Å². The van der Waals surface area contributed by atoms with Crippen LogP contribution in [0, 0.1) is 5.92 Å². The lowest BCUT2D eigenvalue weighted by atomic mass is 10.0. The second-order valence-corrected chi connectivity index (χ2v) is 5.78. The first-order chi connectivity index (χ1) is 7.99. The number of hydrogen-bond donors (Lipinski definition) is 1. The van der Waals surface area contributed by atoms with E-state index in [-0.39, 0.29) is 0 Å². The Morgan fingerprint density at radius 2 is 2.12 bits per heavy atom. The first-order valence-corrected chi connectivity index (χ1v) is 6.67. The average Bonchev–Trinajstić information content (AvgIpc) is 2.23. The number of nitrogens with one attached hydrogen (secondary N) is 1. The van der Waals surface area contributed by atoms with Crippen molar-refractivity contribution >= 4 is 0 Å². The number of morpholine rings is 1. The molecular formula is C13H29N3O. The summed E-state index contributed by atoms with van der Waals surface area (Å²) in [4.78, 5) is 4.58. The van der Waals surface area contributed by atoms with Crippen LogP contribution in [0.15, 0.2) is 0 Å². The smallest absolute Gasteiger partial charge is 0.0826 e. The van der Waals surface area contributed by atoms with Gasteiger partial charge in [-0.25, -0.2) is 0 Å². The highest BCUT2D eigenvalue weighted by Crippen LogP contribution is 2.06. The van der Waals surface area contributed by atoms with E-state index in [1.54, 1.807) is 0 Å². The molecule has 0 spiro atoms. The van der Waals surface area contributed by atoms with Crippen molar-refractivity contribution in [2.45, 2.75) is 26.0 Å². The van der Waals surface area contributed by atoms with E-state index in [1.165, 1.54) is 0 Å². The zero-order valence-corrected chi connectivity index (χ0v) is 12.1. The van der Waals surface area contributed by atoms with Gasteiger partial charge in [-0.2, -0.15) is 0 Å². The molecule has 4 nitrogen and oxygen atoms in total. The number of hydrogen-bond acceptors (Lipinski definition) is 4. The van der Waals surface area contributed by atoms with Gasteiger partial charge in [0.05, 0.1) is 12.7 Å². The Balaban J connectivity index is 2.30. The van der Waals surface area contributed by atoms with Gasteiger partial charge >= 0.3 is 0 Å². The van der Waals surface area contributed by atoms with E-state index in [9.17, 15) is 0 Å². The Kier molecular flexibility index (Phi) is 6.41. The van der Waals surface area contributed by atoms with E-state index in [2.05, 4.69) is 50.1 Å². The summed E-state index contributed by atoms with van der Waals surface area (Å²) in [5.74, 6) is 0.652. The molecule has 1 heterocycles. The van der Waals surface area contributed by atoms with Crippen LogP contribution >= 0.6 is 0 Å². The molecule has 1 aliphatic heterocycles. The lowest BCUT2D eigenvalue weighted by molar-refractivity contribution is -0.0202. The van der Waals surface area contributed by atoms with E-state index < -0.39 is 0 Å². The van der Waals surface area contributed by atoms with Crippen LogP contribution < -0.4 is 5.32 Å². The van der Waals surface area contributed by atoms with Gasteiger partial charge in [-0.3, -0.25) is 0 Å². The molecule has 0 radical (unpaired) electrons. The van der Waals surface area contributed by atoms with Crippen molar-refractivity contribution in [2.24, 2.45) is 5.92 Å². The Hall–Kier alpha value is -0.160. The summed E-state index contributed by atoms with van der Waals surface area (Å²) in [7, 11) is 6.42. The van der Waals surface area contributed by atoms with Gasteiger partial charge < -0.3 is 19.9 Å². The molecule has 1 rings (SSSR count). The van der Waals surface area contributed by atoms with Crippen molar-refractivity contribution in [1.82, 2.24) is 15.1 Å². The summed E-state index contributed by atoms with van der Waals surface area (Å²) >= 11 is 0. The van der Waals surface area contributed by atoms with Crippen LogP contribution in [0.1, 0.15) is 13.8 Å². The molecule has 0 saturated carbocycles. The van der Waals surface area contributed by atoms with Gasteiger partial charge in [0.15, 0.2) is 0 Å². The molecule has 0 aromatic heterocycles. The minimum absolute atomic E-state index is 0.345. The molecule has 0 aliphatic carbocycles. The van der Waals surface area contributed by atoms with Crippen molar-refractivity contribution in [3.63, 3.8) is 0 Å². The number of nitrogens with zero attached hydrogens (tertiary/aromatic N) is 2. The first-order valence-electron chi connectivity index (χ1n) is 6.67. The predicted molar refractivity (Wildman–Crippen MR) is 72.4 cm³/mol. The third-order valence-electron chi connectivity index (χ3n) is 3.32. The molecule has 1 aliphatic rings. The van der Waals surface area contributed by atoms with Crippen LogP contribution in [-0.4, -0.2) is 75.9 Å². The molecular weight excluding hydrogens is 214 g/mol. The van der Waals surface area contributed by atoms with Crippen LogP contribution in [0.3, 0.4) is 0 Å². The summed E-state index contributed by atoms with van der Waals surface area (Å²) < 4.78 is 5.77. The van der Waals surface area contributed by atoms with E-state index in [4.69, 9.17) is 4.74 Å². The molecule has 4 heteroatoms. The minimum Gasteiger partial charge on any atom is -0.374 e. The van der Waals surface area contributed by atoms with Crippen LogP contribution in [0.25, 0.3) is 0 Å². The maximum absolute atomic E-state index is 5.77. The SMILES string of the molecule is CC(C)C(CN(C)C)NCC1CN(C)CCO1. The van der Waals surface area contributed by atoms with Crippen molar-refractivity contribution in [3.8, 4) is 0 Å². The highest BCUT2D eigenvalue weighted by molar-refractivity contribution is 4.77. The van der Waals surface area contributed by atoms with E-state index in [1.807, 2.05) is 0 Å². The fourth-order valence-corrected chi connectivity index (χ4v) is 2.18. The summed E-state index contributed by atoms with van der Waals surface area (Å²) in [5, 5.41) is 3.65. The Bertz CT molecular complexity index is 209. The summed E-state index contributed by atoms with van der Waals surface area (Å²) in [6.45, 7) is 9.55. The van der Waals surface area contributed by atoms with Crippen LogP contribution in [0.5, 0.6) is 0 Å². The molecule has 0 aromatic carbocycles. The zero-order valence-electron chi connectivity index (χ0n) is 12.1. The molecule has 2 atom stereocenters. The summed E-state index contributed by atoms with van der Waals surface area (Å²) in [5.41, 5.74) is 0. The molecule has 1 saturated heterocycles. The normalized spacial score (nSPS) is 24.5. The van der Waals surface area contributed by atoms with E-state index >= 15 is 0 Å². The molecule has 0 bridgehead atoms. The average molecular weight is 243 g/mol. The minimum atomic E-state index is 0.345. The van der Waals surface area contributed by atoms with Gasteiger partial charge in [-0.05, 0) is 27.1 Å². The maximum atomic E-state index is 5.77. The number of rotatable bonds is 6. The Morgan fingerprint density at radius 3 is 2.65 bits per heavy atom. The monoisotopic (exact) mass is 243 g/mol. The molecule has 2 unspecified atom stereocenters. The van der Waals surface area contributed by atoms with Crippen molar-refractivity contribution in [1.29, 1.82) is 0 Å². The molecule has 102 valence electrons. The Morgan fingerprint density at radius 1 is 1.41 bits per heavy atom. The quantitative estimate of drug-likeness (QED) is 0.735. The highest BCUT2D eigenvalue weighted by atomic mass is 16.5. The van der Waals surface area contributed by atoms with Gasteiger partial charge in [-0.1, -0.05) is 13.8 Å². The fourth-order valence-electron chi connectivity index (χ4n) is 2.18. The Labute approximate surface area is 106 Å². The van der Waals surface area contributed by atoms with Crippen LogP contribution in [0.4, 0.5) is 0 Å². The largest absolute Gasteiger partial charge is 0.374 e. The van der Waals surface area contributed by atoms with E-state index in [0.29, 0.717) is 18.1 Å². The molecule has 1 N–H and O–H groups in total. The lowest BCUT2D eigenvalue weighted by Crippen LogP contribution is -2.50. The summed E-state index contributed by atoms with van der Waals surface area (Å²) in [6.07, 6.45) is 0.345. The van der Waals surface area contributed by atoms with Gasteiger partial charge in [0.1, 0.15) is 0 Å². The van der Waals surface area contributed by atoms with Crippen molar-refractivity contribution < 1.29 is 4.74 Å². The topological polar surface area (TPSA) is 27.7 Å².